The number of hydrogen-bond donors (Lipinski definition) is 0. The van der Waals surface area contributed by atoms with E-state index in [1.807, 2.05) is 84.4 Å². The highest BCUT2D eigenvalue weighted by Gasteiger charge is 2.26. The summed E-state index contributed by atoms with van der Waals surface area (Å²) in [5, 5.41) is 5.55. The molecule has 0 aliphatic rings. The van der Waals surface area contributed by atoms with Gasteiger partial charge >= 0.3 is 0 Å². The number of rotatable bonds is 4. The first-order chi connectivity index (χ1) is 10.7. The maximum absolute atomic E-state index is 13.7. The van der Waals surface area contributed by atoms with Crippen molar-refractivity contribution in [2.24, 2.45) is 4.76 Å². The Morgan fingerprint density at radius 2 is 1.45 bits per heavy atom. The average molecular weight is 325 g/mol. The second-order valence-corrected chi connectivity index (χ2v) is 8.11. The molecule has 3 rings (SSSR count). The van der Waals surface area contributed by atoms with Crippen molar-refractivity contribution in [3.63, 3.8) is 0 Å². The van der Waals surface area contributed by atoms with Crippen LogP contribution in [0, 0.1) is 0 Å². The largest absolute Gasteiger partial charge is 0.288 e. The fourth-order valence-electron chi connectivity index (χ4n) is 2.26. The predicted molar refractivity (Wildman–Crippen MR) is 96.3 cm³/mol. The second kappa shape index (κ2) is 6.43. The molecule has 22 heavy (non-hydrogen) atoms. The minimum absolute atomic E-state index is 0.760. The Hall–Kier alpha value is -1.96. The molecule has 0 aliphatic heterocycles. The summed E-state index contributed by atoms with van der Waals surface area (Å²) >= 11 is 1.62. The summed E-state index contributed by atoms with van der Waals surface area (Å²) in [5.74, 6) is 0. The predicted octanol–water partition coefficient (Wildman–Crippen LogP) is 4.49. The lowest BCUT2D eigenvalue weighted by molar-refractivity contribution is 0.588. The van der Waals surface area contributed by atoms with Crippen LogP contribution >= 0.6 is 18.6 Å². The molecule has 2 aromatic carbocycles. The Balaban J connectivity index is 2.17. The quantitative estimate of drug-likeness (QED) is 0.513. The van der Waals surface area contributed by atoms with Gasteiger partial charge in [0.25, 0.3) is 0 Å². The van der Waals surface area contributed by atoms with Crippen molar-refractivity contribution >= 4 is 35.0 Å². The van der Waals surface area contributed by atoms with Crippen molar-refractivity contribution in [3.8, 4) is 0 Å². The highest BCUT2D eigenvalue weighted by molar-refractivity contribution is 7.77. The third-order valence-electron chi connectivity index (χ3n) is 3.44. The lowest BCUT2D eigenvalue weighted by atomic mass is 10.2. The zero-order valence-electron chi connectivity index (χ0n) is 12.2. The van der Waals surface area contributed by atoms with Gasteiger partial charge in [-0.25, -0.2) is 4.76 Å². The van der Waals surface area contributed by atoms with Crippen molar-refractivity contribution in [3.05, 3.63) is 83.1 Å². The third-order valence-corrected chi connectivity index (χ3v) is 6.70. The first-order valence-corrected chi connectivity index (χ1v) is 9.61. The van der Waals surface area contributed by atoms with Gasteiger partial charge in [-0.2, -0.15) is 11.3 Å². The summed E-state index contributed by atoms with van der Waals surface area (Å²) < 4.78 is 18.4. The zero-order valence-corrected chi connectivity index (χ0v) is 13.9. The van der Waals surface area contributed by atoms with Crippen LogP contribution in [0.25, 0.3) is 0 Å². The van der Waals surface area contributed by atoms with E-state index in [4.69, 9.17) is 0 Å². The number of benzene rings is 2. The Labute approximate surface area is 134 Å². The highest BCUT2D eigenvalue weighted by atomic mass is 32.1. The summed E-state index contributed by atoms with van der Waals surface area (Å²) in [4.78, 5) is 0. The maximum atomic E-state index is 13.7. The molecule has 0 amide bonds. The fourth-order valence-corrected chi connectivity index (χ4v) is 5.18. The summed E-state index contributed by atoms with van der Waals surface area (Å²) in [6.45, 7) is 1.92. The lowest BCUT2D eigenvalue weighted by Gasteiger charge is -2.15. The summed E-state index contributed by atoms with van der Waals surface area (Å²) in [5.41, 5.74) is 1.83. The van der Waals surface area contributed by atoms with E-state index in [0.717, 1.165) is 21.9 Å². The summed E-state index contributed by atoms with van der Waals surface area (Å²) in [7, 11) is -3.03. The Morgan fingerprint density at radius 1 is 0.909 bits per heavy atom. The molecule has 0 fully saturated rings. The van der Waals surface area contributed by atoms with E-state index in [1.54, 1.807) is 11.3 Å². The average Bonchev–Trinajstić information content (AvgIpc) is 3.11. The molecule has 0 bridgehead atoms. The molecule has 2 nitrogen and oxygen atoms in total. The van der Waals surface area contributed by atoms with Crippen LogP contribution in [0.1, 0.15) is 12.5 Å². The normalized spacial score (nSPS) is 12.3. The molecule has 0 atom stereocenters. The Morgan fingerprint density at radius 3 is 1.91 bits per heavy atom. The van der Waals surface area contributed by atoms with E-state index in [0.29, 0.717) is 0 Å². The zero-order chi connectivity index (χ0) is 15.4. The van der Waals surface area contributed by atoms with E-state index in [9.17, 15) is 4.57 Å². The fraction of sp³-hybridized carbons (Fsp3) is 0.0556. The first kappa shape index (κ1) is 15.0. The van der Waals surface area contributed by atoms with Gasteiger partial charge in [-0.15, -0.1) is 0 Å². The standard InChI is InChI=1S/C18H16NOPS/c1-15(16-12-13-22-14-16)19-21(20,17-8-4-2-5-9-17)18-10-6-3-7-11-18/h2-14H,1H3/b19-15+. The molecule has 0 spiro atoms. The molecule has 0 aliphatic carbocycles. The van der Waals surface area contributed by atoms with Gasteiger partial charge in [0.05, 0.1) is 0 Å². The van der Waals surface area contributed by atoms with Gasteiger partial charge in [0, 0.05) is 21.9 Å². The molecule has 0 saturated carbocycles. The molecular formula is C18H16NOPS. The molecule has 4 heteroatoms. The monoisotopic (exact) mass is 325 g/mol. The molecule has 0 saturated heterocycles. The van der Waals surface area contributed by atoms with Gasteiger partial charge < -0.3 is 0 Å². The molecule has 1 heterocycles. The van der Waals surface area contributed by atoms with E-state index in [-0.39, 0.29) is 0 Å². The molecule has 1 aromatic heterocycles. The van der Waals surface area contributed by atoms with Crippen LogP contribution in [0.15, 0.2) is 82.3 Å². The van der Waals surface area contributed by atoms with E-state index >= 15 is 0 Å². The third kappa shape index (κ3) is 2.96. The molecule has 0 N–H and O–H groups in total. The van der Waals surface area contributed by atoms with Gasteiger partial charge in [-0.05, 0) is 48.0 Å². The number of hydrogen-bond acceptors (Lipinski definition) is 2. The lowest BCUT2D eigenvalue weighted by Crippen LogP contribution is -2.15. The number of nitrogens with zero attached hydrogens (tertiary/aromatic N) is 1. The van der Waals surface area contributed by atoms with Gasteiger partial charge in [0.1, 0.15) is 0 Å². The van der Waals surface area contributed by atoms with Crippen LogP contribution in [0.3, 0.4) is 0 Å². The van der Waals surface area contributed by atoms with Crippen LogP contribution in [0.2, 0.25) is 0 Å². The maximum Gasteiger partial charge on any atom is 0.247 e. The highest BCUT2D eigenvalue weighted by Crippen LogP contribution is 2.45. The van der Waals surface area contributed by atoms with E-state index in [1.165, 1.54) is 0 Å². The van der Waals surface area contributed by atoms with Crippen molar-refractivity contribution in [1.82, 2.24) is 0 Å². The summed E-state index contributed by atoms with van der Waals surface area (Å²) in [6.07, 6.45) is 0. The van der Waals surface area contributed by atoms with Crippen molar-refractivity contribution in [1.29, 1.82) is 0 Å². The first-order valence-electron chi connectivity index (χ1n) is 7.01. The second-order valence-electron chi connectivity index (χ2n) is 4.94. The SMILES string of the molecule is C/C(=N\P(=O)(c1ccccc1)c1ccccc1)c1ccsc1. The topological polar surface area (TPSA) is 29.4 Å². The molecule has 0 unspecified atom stereocenters. The molecule has 0 radical (unpaired) electrons. The van der Waals surface area contributed by atoms with Gasteiger partial charge in [0.15, 0.2) is 0 Å². The Bertz CT molecular complexity index is 767. The van der Waals surface area contributed by atoms with E-state index in [2.05, 4.69) is 4.76 Å². The molecular weight excluding hydrogens is 309 g/mol. The van der Waals surface area contributed by atoms with Crippen LogP contribution in [0.4, 0.5) is 0 Å². The van der Waals surface area contributed by atoms with Crippen molar-refractivity contribution in [2.45, 2.75) is 6.92 Å². The minimum atomic E-state index is -3.03. The van der Waals surface area contributed by atoms with Gasteiger partial charge in [-0.1, -0.05) is 36.4 Å². The van der Waals surface area contributed by atoms with Crippen LogP contribution < -0.4 is 10.6 Å². The van der Waals surface area contributed by atoms with Gasteiger partial charge in [-0.3, -0.25) is 4.57 Å². The van der Waals surface area contributed by atoms with Crippen molar-refractivity contribution < 1.29 is 4.57 Å². The van der Waals surface area contributed by atoms with Crippen molar-refractivity contribution in [2.75, 3.05) is 0 Å². The van der Waals surface area contributed by atoms with Crippen LogP contribution in [0.5, 0.6) is 0 Å². The van der Waals surface area contributed by atoms with Crippen LogP contribution in [-0.2, 0) is 4.57 Å². The smallest absolute Gasteiger partial charge is 0.247 e. The number of thiophene rings is 1. The van der Waals surface area contributed by atoms with Crippen LogP contribution in [-0.4, -0.2) is 5.71 Å². The van der Waals surface area contributed by atoms with E-state index < -0.39 is 7.29 Å². The Kier molecular flexibility index (Phi) is 4.37. The molecule has 110 valence electrons. The minimum Gasteiger partial charge on any atom is -0.288 e. The van der Waals surface area contributed by atoms with Gasteiger partial charge in [0.2, 0.25) is 7.29 Å². The summed E-state index contributed by atoms with van der Waals surface area (Å²) in [6, 6.07) is 21.0. The molecule has 3 aromatic rings.